The lowest BCUT2D eigenvalue weighted by Crippen LogP contribution is -2.29. The molecule has 130 valence electrons. The number of rotatable bonds is 6. The zero-order valence-electron chi connectivity index (χ0n) is 13.2. The molecule has 0 fully saturated rings. The lowest BCUT2D eigenvalue weighted by Gasteiger charge is -2.20. The molecule has 0 aliphatic heterocycles. The summed E-state index contributed by atoms with van der Waals surface area (Å²) in [5, 5.41) is 2.36. The first-order valence-electron chi connectivity index (χ1n) is 7.36. The van der Waals surface area contributed by atoms with Gasteiger partial charge in [-0.05, 0) is 26.0 Å². The molecule has 0 spiro atoms. The average molecular weight is 342 g/mol. The Kier molecular flexibility index (Phi) is 5.42. The van der Waals surface area contributed by atoms with E-state index in [1.54, 1.807) is 30.9 Å². The molecule has 1 amide bonds. The van der Waals surface area contributed by atoms with Crippen LogP contribution >= 0.6 is 0 Å². The molecule has 24 heavy (non-hydrogen) atoms. The molecular weight excluding hydrogens is 325 g/mol. The maximum atomic E-state index is 13.3. The first-order chi connectivity index (χ1) is 11.4. The molecule has 9 heteroatoms. The van der Waals surface area contributed by atoms with E-state index in [-0.39, 0.29) is 12.5 Å². The second-order valence-corrected chi connectivity index (χ2v) is 4.86. The highest BCUT2D eigenvalue weighted by Crippen LogP contribution is 2.31. The molecular formula is C15H17F3N4O2. The Labute approximate surface area is 136 Å². The van der Waals surface area contributed by atoms with Gasteiger partial charge in [0.25, 0.3) is 5.91 Å². The van der Waals surface area contributed by atoms with Crippen molar-refractivity contribution in [1.82, 2.24) is 15.3 Å². The van der Waals surface area contributed by atoms with Crippen LogP contribution in [-0.2, 0) is 12.7 Å². The second kappa shape index (κ2) is 7.33. The number of furan rings is 1. The van der Waals surface area contributed by atoms with Crippen LogP contribution in [0, 0.1) is 0 Å². The Morgan fingerprint density at radius 2 is 2.04 bits per heavy atom. The predicted molar refractivity (Wildman–Crippen MR) is 80.5 cm³/mol. The van der Waals surface area contributed by atoms with Crippen molar-refractivity contribution < 1.29 is 22.4 Å². The number of carbonyl (C=O) groups excluding carboxylic acids is 1. The topological polar surface area (TPSA) is 71.3 Å². The van der Waals surface area contributed by atoms with Crippen LogP contribution < -0.4 is 10.2 Å². The SMILES string of the molecule is CCN(CC)c1ncc(C(=O)NCc2ccco2)c(C(F)(F)F)n1. The van der Waals surface area contributed by atoms with E-state index in [1.165, 1.54) is 6.26 Å². The summed E-state index contributed by atoms with van der Waals surface area (Å²) in [5.74, 6) is -0.544. The Hall–Kier alpha value is -2.58. The van der Waals surface area contributed by atoms with Crippen LogP contribution in [0.15, 0.2) is 29.0 Å². The van der Waals surface area contributed by atoms with Gasteiger partial charge in [0.05, 0.1) is 18.4 Å². The zero-order chi connectivity index (χ0) is 17.7. The van der Waals surface area contributed by atoms with E-state index in [0.717, 1.165) is 6.20 Å². The predicted octanol–water partition coefficient (Wildman–Crippen LogP) is 2.86. The van der Waals surface area contributed by atoms with E-state index in [4.69, 9.17) is 4.42 Å². The zero-order valence-corrected chi connectivity index (χ0v) is 13.2. The second-order valence-electron chi connectivity index (χ2n) is 4.86. The lowest BCUT2D eigenvalue weighted by molar-refractivity contribution is -0.141. The van der Waals surface area contributed by atoms with Crippen molar-refractivity contribution in [2.75, 3.05) is 18.0 Å². The summed E-state index contributed by atoms with van der Waals surface area (Å²) in [4.78, 5) is 21.1. The van der Waals surface area contributed by atoms with Crippen LogP contribution in [0.3, 0.4) is 0 Å². The van der Waals surface area contributed by atoms with Crippen molar-refractivity contribution in [1.29, 1.82) is 0 Å². The molecule has 0 aliphatic carbocycles. The number of alkyl halides is 3. The molecule has 0 unspecified atom stereocenters. The summed E-state index contributed by atoms with van der Waals surface area (Å²) in [6, 6.07) is 3.22. The fourth-order valence-electron chi connectivity index (χ4n) is 2.09. The first kappa shape index (κ1) is 17.8. The molecule has 0 bridgehead atoms. The molecule has 6 nitrogen and oxygen atoms in total. The minimum absolute atomic E-state index is 0.0269. The largest absolute Gasteiger partial charge is 0.467 e. The summed E-state index contributed by atoms with van der Waals surface area (Å²) in [5.41, 5.74) is -1.87. The summed E-state index contributed by atoms with van der Waals surface area (Å²) < 4.78 is 44.8. The van der Waals surface area contributed by atoms with E-state index in [9.17, 15) is 18.0 Å². The van der Waals surface area contributed by atoms with Crippen molar-refractivity contribution in [2.45, 2.75) is 26.6 Å². The maximum Gasteiger partial charge on any atom is 0.434 e. The van der Waals surface area contributed by atoms with Gasteiger partial charge >= 0.3 is 6.18 Å². The molecule has 2 aromatic rings. The van der Waals surface area contributed by atoms with Gasteiger partial charge in [-0.2, -0.15) is 13.2 Å². The summed E-state index contributed by atoms with van der Waals surface area (Å²) in [7, 11) is 0. The van der Waals surface area contributed by atoms with Crippen LogP contribution in [0.2, 0.25) is 0 Å². The number of nitrogens with zero attached hydrogens (tertiary/aromatic N) is 3. The number of anilines is 1. The van der Waals surface area contributed by atoms with E-state index in [1.807, 2.05) is 0 Å². The van der Waals surface area contributed by atoms with E-state index in [0.29, 0.717) is 18.8 Å². The quantitative estimate of drug-likeness (QED) is 0.874. The van der Waals surface area contributed by atoms with Gasteiger partial charge in [0.15, 0.2) is 5.69 Å². The third-order valence-corrected chi connectivity index (χ3v) is 3.34. The van der Waals surface area contributed by atoms with E-state index < -0.39 is 23.3 Å². The number of aromatic nitrogens is 2. The van der Waals surface area contributed by atoms with Crippen molar-refractivity contribution in [3.8, 4) is 0 Å². The number of hydrogen-bond donors (Lipinski definition) is 1. The van der Waals surface area contributed by atoms with Crippen LogP contribution in [0.5, 0.6) is 0 Å². The number of amides is 1. The molecule has 2 aromatic heterocycles. The summed E-state index contributed by atoms with van der Waals surface area (Å²) >= 11 is 0. The smallest absolute Gasteiger partial charge is 0.434 e. The van der Waals surface area contributed by atoms with E-state index >= 15 is 0 Å². The van der Waals surface area contributed by atoms with Gasteiger partial charge < -0.3 is 14.6 Å². The Bertz CT molecular complexity index is 683. The molecule has 2 rings (SSSR count). The molecule has 2 heterocycles. The van der Waals surface area contributed by atoms with Crippen molar-refractivity contribution >= 4 is 11.9 Å². The van der Waals surface area contributed by atoms with Crippen molar-refractivity contribution in [3.63, 3.8) is 0 Å². The molecule has 1 N–H and O–H groups in total. The Morgan fingerprint density at radius 1 is 1.33 bits per heavy atom. The fourth-order valence-corrected chi connectivity index (χ4v) is 2.09. The summed E-state index contributed by atoms with van der Waals surface area (Å²) in [6.07, 6.45) is -2.45. The monoisotopic (exact) mass is 342 g/mol. The molecule has 0 aliphatic rings. The maximum absolute atomic E-state index is 13.3. The van der Waals surface area contributed by atoms with Crippen LogP contribution in [-0.4, -0.2) is 29.0 Å². The summed E-state index contributed by atoms with van der Waals surface area (Å²) in [6.45, 7) is 4.45. The molecule has 0 saturated heterocycles. The third kappa shape index (κ3) is 4.03. The number of hydrogen-bond acceptors (Lipinski definition) is 5. The van der Waals surface area contributed by atoms with Gasteiger partial charge in [0.2, 0.25) is 5.95 Å². The number of carbonyl (C=O) groups is 1. The van der Waals surface area contributed by atoms with Gasteiger partial charge in [-0.3, -0.25) is 4.79 Å². The van der Waals surface area contributed by atoms with Crippen molar-refractivity contribution in [3.05, 3.63) is 41.6 Å². The fraction of sp³-hybridized carbons (Fsp3) is 0.400. The standard InChI is InChI=1S/C15H17F3N4O2/c1-3-22(4-2)14-20-9-11(12(21-14)15(16,17)18)13(23)19-8-10-6-5-7-24-10/h5-7,9H,3-4,8H2,1-2H3,(H,19,23). The Morgan fingerprint density at radius 3 is 2.58 bits per heavy atom. The lowest BCUT2D eigenvalue weighted by atomic mass is 10.2. The number of nitrogens with one attached hydrogen (secondary N) is 1. The van der Waals surface area contributed by atoms with Crippen LogP contribution in [0.4, 0.5) is 19.1 Å². The first-order valence-corrected chi connectivity index (χ1v) is 7.36. The van der Waals surface area contributed by atoms with Crippen LogP contribution in [0.1, 0.15) is 35.7 Å². The van der Waals surface area contributed by atoms with Gasteiger partial charge in [-0.15, -0.1) is 0 Å². The minimum atomic E-state index is -4.76. The van der Waals surface area contributed by atoms with Gasteiger partial charge in [0, 0.05) is 19.3 Å². The molecule has 0 atom stereocenters. The molecule has 0 saturated carbocycles. The number of halogens is 3. The highest BCUT2D eigenvalue weighted by atomic mass is 19.4. The van der Waals surface area contributed by atoms with Gasteiger partial charge in [-0.25, -0.2) is 9.97 Å². The Balaban J connectivity index is 2.29. The third-order valence-electron chi connectivity index (χ3n) is 3.34. The minimum Gasteiger partial charge on any atom is -0.467 e. The molecule has 0 aromatic carbocycles. The highest BCUT2D eigenvalue weighted by molar-refractivity contribution is 5.95. The average Bonchev–Trinajstić information content (AvgIpc) is 3.06. The van der Waals surface area contributed by atoms with Crippen molar-refractivity contribution in [2.24, 2.45) is 0 Å². The van der Waals surface area contributed by atoms with Crippen LogP contribution in [0.25, 0.3) is 0 Å². The highest BCUT2D eigenvalue weighted by Gasteiger charge is 2.38. The normalized spacial score (nSPS) is 11.4. The van der Waals surface area contributed by atoms with Gasteiger partial charge in [-0.1, -0.05) is 0 Å². The van der Waals surface area contributed by atoms with Gasteiger partial charge in [0.1, 0.15) is 5.76 Å². The molecule has 0 radical (unpaired) electrons. The van der Waals surface area contributed by atoms with E-state index in [2.05, 4.69) is 15.3 Å².